The van der Waals surface area contributed by atoms with E-state index in [2.05, 4.69) is 30.8 Å². The largest absolute Gasteiger partial charge is 0.313 e. The van der Waals surface area contributed by atoms with Gasteiger partial charge in [0, 0.05) is 13.1 Å². The molecule has 2 N–H and O–H groups in total. The Bertz CT molecular complexity index is 507. The molecule has 5 heteroatoms. The average Bonchev–Trinajstić information content (AvgIpc) is 2.44. The highest BCUT2D eigenvalue weighted by molar-refractivity contribution is 7.89. The van der Waals surface area contributed by atoms with Crippen molar-refractivity contribution < 1.29 is 8.42 Å². The molecule has 0 saturated heterocycles. The molecule has 1 rings (SSSR count). The topological polar surface area (TPSA) is 58.2 Å². The van der Waals surface area contributed by atoms with Crippen LogP contribution in [-0.2, 0) is 16.6 Å². The Labute approximate surface area is 123 Å². The fraction of sp³-hybridized carbons (Fsp3) is 0.600. The molecular weight excluding hydrogens is 272 g/mol. The predicted octanol–water partition coefficient (Wildman–Crippen LogP) is 2.51. The van der Waals surface area contributed by atoms with Gasteiger partial charge < -0.3 is 5.32 Å². The van der Waals surface area contributed by atoms with Crippen LogP contribution in [-0.4, -0.2) is 21.5 Å². The zero-order valence-corrected chi connectivity index (χ0v) is 13.7. The van der Waals surface area contributed by atoms with Crippen LogP contribution in [0.5, 0.6) is 0 Å². The molecule has 0 atom stereocenters. The minimum absolute atomic E-state index is 0.0297. The predicted molar refractivity (Wildman–Crippen MR) is 83.1 cm³/mol. The second-order valence-electron chi connectivity index (χ2n) is 5.77. The molecule has 0 aromatic heterocycles. The molecular formula is C15H26N2O2S. The first-order chi connectivity index (χ1) is 9.30. The standard InChI is InChI=1S/C15H26N2O2S/c1-5-15(3,4)12-17-20(18,19)14-9-7-13(8-10-14)11-16-6-2/h7-10,16-17H,5-6,11-12H2,1-4H3. The number of nitrogens with one attached hydrogen (secondary N) is 2. The summed E-state index contributed by atoms with van der Waals surface area (Å²) in [5, 5.41) is 3.21. The minimum atomic E-state index is -3.41. The average molecular weight is 298 g/mol. The quantitative estimate of drug-likeness (QED) is 0.775. The van der Waals surface area contributed by atoms with Crippen LogP contribution in [0.15, 0.2) is 29.2 Å². The van der Waals surface area contributed by atoms with Crippen molar-refractivity contribution in [3.05, 3.63) is 29.8 Å². The highest BCUT2D eigenvalue weighted by atomic mass is 32.2. The van der Waals surface area contributed by atoms with Crippen LogP contribution < -0.4 is 10.0 Å². The summed E-state index contributed by atoms with van der Waals surface area (Å²) in [5.74, 6) is 0. The highest BCUT2D eigenvalue weighted by Crippen LogP contribution is 2.19. The SMILES string of the molecule is CCNCc1ccc(S(=O)(=O)NCC(C)(C)CC)cc1. The molecule has 0 unspecified atom stereocenters. The molecule has 4 nitrogen and oxygen atoms in total. The lowest BCUT2D eigenvalue weighted by molar-refractivity contribution is 0.350. The van der Waals surface area contributed by atoms with Gasteiger partial charge in [0.05, 0.1) is 4.90 Å². The van der Waals surface area contributed by atoms with Crippen molar-refractivity contribution in [1.29, 1.82) is 0 Å². The number of hydrogen-bond acceptors (Lipinski definition) is 3. The molecule has 114 valence electrons. The second kappa shape index (κ2) is 7.20. The number of benzene rings is 1. The van der Waals surface area contributed by atoms with E-state index >= 15 is 0 Å². The van der Waals surface area contributed by atoms with E-state index < -0.39 is 10.0 Å². The monoisotopic (exact) mass is 298 g/mol. The normalized spacial score (nSPS) is 12.6. The van der Waals surface area contributed by atoms with Crippen LogP contribution in [0.2, 0.25) is 0 Å². The highest BCUT2D eigenvalue weighted by Gasteiger charge is 2.20. The van der Waals surface area contributed by atoms with Gasteiger partial charge >= 0.3 is 0 Å². The molecule has 0 amide bonds. The number of rotatable bonds is 8. The van der Waals surface area contributed by atoms with Crippen LogP contribution in [0.4, 0.5) is 0 Å². The van der Waals surface area contributed by atoms with Gasteiger partial charge in [0.2, 0.25) is 10.0 Å². The van der Waals surface area contributed by atoms with E-state index in [4.69, 9.17) is 0 Å². The molecule has 0 saturated carbocycles. The van der Waals surface area contributed by atoms with Gasteiger partial charge in [-0.25, -0.2) is 13.1 Å². The Hall–Kier alpha value is -0.910. The summed E-state index contributed by atoms with van der Waals surface area (Å²) in [4.78, 5) is 0.324. The maximum Gasteiger partial charge on any atom is 0.240 e. The fourth-order valence-electron chi connectivity index (χ4n) is 1.55. The third-order valence-corrected chi connectivity index (χ3v) is 4.93. The lowest BCUT2D eigenvalue weighted by Gasteiger charge is -2.22. The van der Waals surface area contributed by atoms with Crippen molar-refractivity contribution in [3.8, 4) is 0 Å². The van der Waals surface area contributed by atoms with E-state index in [1.807, 2.05) is 19.1 Å². The summed E-state index contributed by atoms with van der Waals surface area (Å²) < 4.78 is 27.1. The van der Waals surface area contributed by atoms with Crippen LogP contribution >= 0.6 is 0 Å². The number of sulfonamides is 1. The summed E-state index contributed by atoms with van der Waals surface area (Å²) in [6.07, 6.45) is 0.928. The van der Waals surface area contributed by atoms with Crippen LogP contribution in [0.25, 0.3) is 0 Å². The molecule has 0 heterocycles. The zero-order valence-electron chi connectivity index (χ0n) is 12.9. The third-order valence-electron chi connectivity index (χ3n) is 3.51. The smallest absolute Gasteiger partial charge is 0.240 e. The molecule has 0 aliphatic heterocycles. The molecule has 1 aromatic rings. The number of hydrogen-bond donors (Lipinski definition) is 2. The maximum atomic E-state index is 12.2. The molecule has 0 aliphatic carbocycles. The summed E-state index contributed by atoms with van der Waals surface area (Å²) in [6.45, 7) is 10.3. The Morgan fingerprint density at radius 2 is 1.70 bits per heavy atom. The van der Waals surface area contributed by atoms with Crippen molar-refractivity contribution in [3.63, 3.8) is 0 Å². The van der Waals surface area contributed by atoms with E-state index in [9.17, 15) is 8.42 Å². The third kappa shape index (κ3) is 5.23. The van der Waals surface area contributed by atoms with Gasteiger partial charge in [0.15, 0.2) is 0 Å². The first kappa shape index (κ1) is 17.1. The van der Waals surface area contributed by atoms with Gasteiger partial charge in [-0.3, -0.25) is 0 Å². The van der Waals surface area contributed by atoms with E-state index in [1.54, 1.807) is 12.1 Å². The molecule has 0 radical (unpaired) electrons. The fourth-order valence-corrected chi connectivity index (χ4v) is 2.80. The van der Waals surface area contributed by atoms with E-state index in [0.29, 0.717) is 11.4 Å². The van der Waals surface area contributed by atoms with E-state index in [1.165, 1.54) is 0 Å². The van der Waals surface area contributed by atoms with Crippen LogP contribution in [0.1, 0.15) is 39.7 Å². The Kier molecular flexibility index (Phi) is 6.17. The summed E-state index contributed by atoms with van der Waals surface area (Å²) in [7, 11) is -3.41. The first-order valence-corrected chi connectivity index (χ1v) is 8.58. The lowest BCUT2D eigenvalue weighted by atomic mass is 9.91. The first-order valence-electron chi connectivity index (χ1n) is 7.10. The van der Waals surface area contributed by atoms with Crippen LogP contribution in [0.3, 0.4) is 0 Å². The Morgan fingerprint density at radius 1 is 1.10 bits per heavy atom. The Morgan fingerprint density at radius 3 is 2.20 bits per heavy atom. The van der Waals surface area contributed by atoms with Gasteiger partial charge in [-0.15, -0.1) is 0 Å². The lowest BCUT2D eigenvalue weighted by Crippen LogP contribution is -2.33. The molecule has 0 aliphatic rings. The van der Waals surface area contributed by atoms with Crippen molar-refractivity contribution in [2.75, 3.05) is 13.1 Å². The van der Waals surface area contributed by atoms with Gasteiger partial charge in [0.1, 0.15) is 0 Å². The summed E-state index contributed by atoms with van der Waals surface area (Å²) in [5.41, 5.74) is 1.05. The van der Waals surface area contributed by atoms with Gasteiger partial charge in [0.25, 0.3) is 0 Å². The van der Waals surface area contributed by atoms with Crippen LogP contribution in [0, 0.1) is 5.41 Å². The van der Waals surface area contributed by atoms with Crippen molar-refractivity contribution >= 4 is 10.0 Å². The zero-order chi connectivity index (χ0) is 15.2. The molecule has 0 spiro atoms. The van der Waals surface area contributed by atoms with Crippen molar-refractivity contribution in [2.45, 2.75) is 45.6 Å². The van der Waals surface area contributed by atoms with E-state index in [-0.39, 0.29) is 5.41 Å². The van der Waals surface area contributed by atoms with Gasteiger partial charge in [-0.05, 0) is 36.1 Å². The molecule has 20 heavy (non-hydrogen) atoms. The Balaban J connectivity index is 2.73. The van der Waals surface area contributed by atoms with Crippen molar-refractivity contribution in [1.82, 2.24) is 10.0 Å². The summed E-state index contributed by atoms with van der Waals surface area (Å²) >= 11 is 0. The van der Waals surface area contributed by atoms with Gasteiger partial charge in [-0.2, -0.15) is 0 Å². The maximum absolute atomic E-state index is 12.2. The van der Waals surface area contributed by atoms with Crippen molar-refractivity contribution in [2.24, 2.45) is 5.41 Å². The minimum Gasteiger partial charge on any atom is -0.313 e. The summed E-state index contributed by atoms with van der Waals surface area (Å²) in [6, 6.07) is 7.02. The molecule has 0 fully saturated rings. The van der Waals surface area contributed by atoms with Gasteiger partial charge in [-0.1, -0.05) is 39.8 Å². The van der Waals surface area contributed by atoms with E-state index in [0.717, 1.165) is 25.1 Å². The second-order valence-corrected chi connectivity index (χ2v) is 7.53. The molecule has 1 aromatic carbocycles. The molecule has 0 bridgehead atoms.